The number of nitrogens with one attached hydrogen (secondary N) is 2. The Labute approximate surface area is 191 Å². The molecular weight excluding hydrogens is 402 g/mol. The van der Waals surface area contributed by atoms with E-state index in [1.54, 1.807) is 0 Å². The zero-order chi connectivity index (χ0) is 21.5. The number of likely N-dealkylation sites (tertiary alicyclic amines) is 1. The molecule has 1 atom stereocenters. The smallest absolute Gasteiger partial charge is 0.191 e. The Balaban J connectivity index is 1.22. The van der Waals surface area contributed by atoms with Gasteiger partial charge in [0.2, 0.25) is 0 Å². The predicted octanol–water partition coefficient (Wildman–Crippen LogP) is 4.49. The van der Waals surface area contributed by atoms with E-state index < -0.39 is 0 Å². The topological polar surface area (TPSA) is 42.9 Å². The molecule has 1 aromatic heterocycles. The molecule has 0 saturated carbocycles. The number of thiophene rings is 1. The maximum absolute atomic E-state index is 4.48. The molecule has 0 radical (unpaired) electrons. The maximum atomic E-state index is 4.48. The summed E-state index contributed by atoms with van der Waals surface area (Å²) in [4.78, 5) is 11.0. The lowest BCUT2D eigenvalue weighted by atomic mass is 9.97. The first-order chi connectivity index (χ1) is 15.2. The summed E-state index contributed by atoms with van der Waals surface area (Å²) in [6.45, 7) is 9.06. The lowest BCUT2D eigenvalue weighted by Gasteiger charge is -2.32. The van der Waals surface area contributed by atoms with Gasteiger partial charge in [-0.3, -0.25) is 9.89 Å². The highest BCUT2D eigenvalue weighted by molar-refractivity contribution is 7.09. The fourth-order valence-corrected chi connectivity index (χ4v) is 5.41. The zero-order valence-corrected chi connectivity index (χ0v) is 19.8. The van der Waals surface area contributed by atoms with Crippen LogP contribution in [0.1, 0.15) is 49.1 Å². The first-order valence-electron chi connectivity index (χ1n) is 11.8. The minimum absolute atomic E-state index is 0.224. The highest BCUT2D eigenvalue weighted by Gasteiger charge is 2.20. The Morgan fingerprint density at radius 1 is 1.13 bits per heavy atom. The van der Waals surface area contributed by atoms with Crippen molar-refractivity contribution in [3.05, 3.63) is 52.2 Å². The average Bonchev–Trinajstić information content (AvgIpc) is 3.52. The van der Waals surface area contributed by atoms with Crippen molar-refractivity contribution in [3.8, 4) is 0 Å². The number of benzene rings is 1. The second-order valence-corrected chi connectivity index (χ2v) is 9.94. The van der Waals surface area contributed by atoms with E-state index in [1.807, 2.05) is 18.4 Å². The van der Waals surface area contributed by atoms with Gasteiger partial charge in [0.25, 0.3) is 0 Å². The summed E-state index contributed by atoms with van der Waals surface area (Å²) in [6, 6.07) is 13.6. The Hall–Kier alpha value is -2.05. The number of hydrogen-bond donors (Lipinski definition) is 2. The Bertz CT molecular complexity index is 820. The van der Waals surface area contributed by atoms with E-state index >= 15 is 0 Å². The molecule has 4 rings (SSSR count). The molecule has 0 amide bonds. The molecule has 2 saturated heterocycles. The molecule has 1 unspecified atom stereocenters. The van der Waals surface area contributed by atoms with Crippen LogP contribution in [-0.4, -0.2) is 50.6 Å². The van der Waals surface area contributed by atoms with Crippen LogP contribution in [0.15, 0.2) is 46.8 Å². The molecule has 0 bridgehead atoms. The Morgan fingerprint density at radius 2 is 1.94 bits per heavy atom. The van der Waals surface area contributed by atoms with Crippen molar-refractivity contribution < 1.29 is 0 Å². The summed E-state index contributed by atoms with van der Waals surface area (Å²) in [5.74, 6) is 1.62. The van der Waals surface area contributed by atoms with Gasteiger partial charge in [0.05, 0.1) is 6.04 Å². The minimum Gasteiger partial charge on any atom is -0.372 e. The summed E-state index contributed by atoms with van der Waals surface area (Å²) in [5, 5.41) is 9.35. The standard InChI is InChI=1S/C25H37N5S/c1-20(22-7-5-8-23(17-22)30-12-3-4-13-30)28-25(26-2)27-18-21-10-14-29(15-11-21)19-24-9-6-16-31-24/h5-9,16-17,20-21H,3-4,10-15,18-19H2,1-2H3,(H2,26,27,28). The molecule has 0 spiro atoms. The molecule has 168 valence electrons. The second-order valence-electron chi connectivity index (χ2n) is 8.91. The maximum Gasteiger partial charge on any atom is 0.191 e. The molecule has 3 heterocycles. The van der Waals surface area contributed by atoms with Crippen LogP contribution in [0.5, 0.6) is 0 Å². The van der Waals surface area contributed by atoms with Crippen LogP contribution in [-0.2, 0) is 6.54 Å². The van der Waals surface area contributed by atoms with Gasteiger partial charge < -0.3 is 15.5 Å². The van der Waals surface area contributed by atoms with Crippen molar-refractivity contribution in [3.63, 3.8) is 0 Å². The monoisotopic (exact) mass is 439 g/mol. The molecule has 5 nitrogen and oxygen atoms in total. The largest absolute Gasteiger partial charge is 0.372 e. The van der Waals surface area contributed by atoms with E-state index in [4.69, 9.17) is 0 Å². The van der Waals surface area contributed by atoms with Gasteiger partial charge in [-0.25, -0.2) is 0 Å². The number of nitrogens with zero attached hydrogens (tertiary/aromatic N) is 3. The van der Waals surface area contributed by atoms with Gasteiger partial charge in [-0.15, -0.1) is 11.3 Å². The van der Waals surface area contributed by atoms with Gasteiger partial charge in [-0.2, -0.15) is 0 Å². The highest BCUT2D eigenvalue weighted by atomic mass is 32.1. The van der Waals surface area contributed by atoms with E-state index in [9.17, 15) is 0 Å². The number of piperidine rings is 1. The van der Waals surface area contributed by atoms with Crippen molar-refractivity contribution >= 4 is 23.0 Å². The molecule has 0 aliphatic carbocycles. The third-order valence-corrected chi connectivity index (χ3v) is 7.50. The van der Waals surface area contributed by atoms with E-state index in [-0.39, 0.29) is 6.04 Å². The van der Waals surface area contributed by atoms with E-state index in [0.29, 0.717) is 5.92 Å². The second kappa shape index (κ2) is 11.0. The highest BCUT2D eigenvalue weighted by Crippen LogP contribution is 2.24. The molecule has 2 aromatic rings. The molecule has 2 fully saturated rings. The van der Waals surface area contributed by atoms with Crippen molar-refractivity contribution in [2.45, 2.75) is 45.2 Å². The van der Waals surface area contributed by atoms with Gasteiger partial charge in [0.15, 0.2) is 5.96 Å². The van der Waals surface area contributed by atoms with Gasteiger partial charge in [-0.1, -0.05) is 18.2 Å². The van der Waals surface area contributed by atoms with Crippen molar-refractivity contribution in [2.24, 2.45) is 10.9 Å². The van der Waals surface area contributed by atoms with Gasteiger partial charge in [-0.05, 0) is 80.8 Å². The zero-order valence-electron chi connectivity index (χ0n) is 19.0. The normalized spacial score (nSPS) is 19.5. The van der Waals surface area contributed by atoms with Gasteiger partial charge in [0, 0.05) is 43.8 Å². The Kier molecular flexibility index (Phi) is 7.86. The van der Waals surface area contributed by atoms with Crippen molar-refractivity contribution in [2.75, 3.05) is 44.7 Å². The quantitative estimate of drug-likeness (QED) is 0.493. The lowest BCUT2D eigenvalue weighted by Crippen LogP contribution is -2.43. The van der Waals surface area contributed by atoms with E-state index in [0.717, 1.165) is 19.0 Å². The van der Waals surface area contributed by atoms with Crippen LogP contribution >= 0.6 is 11.3 Å². The summed E-state index contributed by atoms with van der Waals surface area (Å²) in [6.07, 6.45) is 5.12. The summed E-state index contributed by atoms with van der Waals surface area (Å²) in [7, 11) is 1.87. The molecule has 1 aromatic carbocycles. The summed E-state index contributed by atoms with van der Waals surface area (Å²) >= 11 is 1.87. The fraction of sp³-hybridized carbons (Fsp3) is 0.560. The number of rotatable bonds is 7. The number of anilines is 1. The van der Waals surface area contributed by atoms with Crippen LogP contribution in [0.25, 0.3) is 0 Å². The summed E-state index contributed by atoms with van der Waals surface area (Å²) < 4.78 is 0. The van der Waals surface area contributed by atoms with Crippen LogP contribution in [0.2, 0.25) is 0 Å². The van der Waals surface area contributed by atoms with Gasteiger partial charge >= 0.3 is 0 Å². The van der Waals surface area contributed by atoms with E-state index in [2.05, 4.69) is 74.1 Å². The van der Waals surface area contributed by atoms with E-state index in [1.165, 1.54) is 68.0 Å². The molecule has 2 N–H and O–H groups in total. The molecule has 31 heavy (non-hydrogen) atoms. The molecule has 2 aliphatic rings. The van der Waals surface area contributed by atoms with Crippen molar-refractivity contribution in [1.29, 1.82) is 0 Å². The minimum atomic E-state index is 0.224. The van der Waals surface area contributed by atoms with Crippen molar-refractivity contribution in [1.82, 2.24) is 15.5 Å². The van der Waals surface area contributed by atoms with Crippen LogP contribution in [0.4, 0.5) is 5.69 Å². The average molecular weight is 440 g/mol. The third-order valence-electron chi connectivity index (χ3n) is 6.64. The van der Waals surface area contributed by atoms with Gasteiger partial charge in [0.1, 0.15) is 0 Å². The third kappa shape index (κ3) is 6.23. The van der Waals surface area contributed by atoms with Crippen LogP contribution in [0.3, 0.4) is 0 Å². The summed E-state index contributed by atoms with van der Waals surface area (Å²) in [5.41, 5.74) is 2.66. The van der Waals surface area contributed by atoms with Crippen LogP contribution in [0, 0.1) is 5.92 Å². The lowest BCUT2D eigenvalue weighted by molar-refractivity contribution is 0.179. The number of guanidine groups is 1. The molecule has 6 heteroatoms. The fourth-order valence-electron chi connectivity index (χ4n) is 4.66. The SMILES string of the molecule is CN=C(NCC1CCN(Cc2cccs2)CC1)NC(C)c1cccc(N2CCCC2)c1. The number of aliphatic imine (C=N–C) groups is 1. The number of hydrogen-bond acceptors (Lipinski definition) is 4. The Morgan fingerprint density at radius 3 is 2.65 bits per heavy atom. The molecular formula is C25H37N5S. The molecule has 2 aliphatic heterocycles. The van der Waals surface area contributed by atoms with Crippen LogP contribution < -0.4 is 15.5 Å². The first-order valence-corrected chi connectivity index (χ1v) is 12.7. The first kappa shape index (κ1) is 22.2. The predicted molar refractivity (Wildman–Crippen MR) is 133 cm³/mol.